The highest BCUT2D eigenvalue weighted by molar-refractivity contribution is 7.13. The molecule has 1 aromatic heterocycles. The average molecular weight is 389 g/mol. The van der Waals surface area contributed by atoms with E-state index >= 15 is 0 Å². The van der Waals surface area contributed by atoms with Gasteiger partial charge in [-0.3, -0.25) is 14.5 Å². The molecule has 0 radical (unpaired) electrons. The first-order chi connectivity index (χ1) is 12.8. The van der Waals surface area contributed by atoms with Gasteiger partial charge in [0.2, 0.25) is 5.91 Å². The van der Waals surface area contributed by atoms with Crippen molar-refractivity contribution >= 4 is 34.8 Å². The molecule has 2 unspecified atom stereocenters. The monoisotopic (exact) mass is 389 g/mol. The maximum Gasteiger partial charge on any atom is 0.347 e. The number of aromatic carboxylic acids is 1. The van der Waals surface area contributed by atoms with Crippen molar-refractivity contribution in [2.45, 2.75) is 32.9 Å². The number of fused-ring (bicyclic) bond motifs is 1. The van der Waals surface area contributed by atoms with Crippen molar-refractivity contribution in [3.8, 4) is 5.75 Å². The third-order valence-corrected chi connectivity index (χ3v) is 5.46. The van der Waals surface area contributed by atoms with Gasteiger partial charge in [0.1, 0.15) is 22.2 Å². The third-order valence-electron chi connectivity index (χ3n) is 4.13. The second kappa shape index (κ2) is 7.36. The Labute approximate surface area is 159 Å². The molecular weight excluding hydrogens is 370 g/mol. The summed E-state index contributed by atoms with van der Waals surface area (Å²) in [6.07, 6.45) is -0.676. The lowest BCUT2D eigenvalue weighted by molar-refractivity contribution is -0.128. The summed E-state index contributed by atoms with van der Waals surface area (Å²) in [7, 11) is 0. The minimum Gasteiger partial charge on any atom is -0.479 e. The van der Waals surface area contributed by atoms with Gasteiger partial charge in [0.15, 0.2) is 6.10 Å². The van der Waals surface area contributed by atoms with Crippen LogP contribution in [-0.4, -0.2) is 40.5 Å². The molecule has 0 spiro atoms. The summed E-state index contributed by atoms with van der Waals surface area (Å²) in [6, 6.07) is 6.56. The SMILES string of the molecule is Cc1nc(C(C)NC(=O)CN2C(=O)C(C)Oc3ccccc32)sc1C(=O)O. The van der Waals surface area contributed by atoms with Crippen LogP contribution in [0, 0.1) is 6.92 Å². The molecule has 0 aliphatic carbocycles. The maximum atomic E-state index is 12.5. The lowest BCUT2D eigenvalue weighted by atomic mass is 10.2. The number of carbonyl (C=O) groups is 3. The first kappa shape index (κ1) is 18.8. The van der Waals surface area contributed by atoms with E-state index in [1.54, 1.807) is 45.0 Å². The molecule has 0 fully saturated rings. The maximum absolute atomic E-state index is 12.5. The van der Waals surface area contributed by atoms with Gasteiger partial charge in [-0.1, -0.05) is 12.1 Å². The molecule has 0 saturated carbocycles. The number of nitrogens with zero attached hydrogens (tertiary/aromatic N) is 2. The fourth-order valence-electron chi connectivity index (χ4n) is 2.82. The normalized spacial score (nSPS) is 17.1. The Hall–Kier alpha value is -2.94. The van der Waals surface area contributed by atoms with Gasteiger partial charge in [-0.25, -0.2) is 9.78 Å². The molecule has 142 valence electrons. The number of nitrogens with one attached hydrogen (secondary N) is 1. The second-order valence-electron chi connectivity index (χ2n) is 6.21. The Morgan fingerprint density at radius 2 is 2.11 bits per heavy atom. The second-order valence-corrected chi connectivity index (χ2v) is 7.24. The van der Waals surface area contributed by atoms with Gasteiger partial charge in [0, 0.05) is 0 Å². The van der Waals surface area contributed by atoms with Crippen molar-refractivity contribution in [2.24, 2.45) is 0 Å². The van der Waals surface area contributed by atoms with Crippen LogP contribution in [-0.2, 0) is 9.59 Å². The third kappa shape index (κ3) is 3.77. The Morgan fingerprint density at radius 3 is 2.78 bits per heavy atom. The first-order valence-electron chi connectivity index (χ1n) is 8.35. The number of thiazole rings is 1. The molecule has 8 nitrogen and oxygen atoms in total. The van der Waals surface area contributed by atoms with E-state index in [4.69, 9.17) is 9.84 Å². The van der Waals surface area contributed by atoms with Gasteiger partial charge in [-0.05, 0) is 32.9 Å². The van der Waals surface area contributed by atoms with Crippen molar-refractivity contribution < 1.29 is 24.2 Å². The molecule has 0 bridgehead atoms. The Bertz CT molecular complexity index is 910. The van der Waals surface area contributed by atoms with Gasteiger partial charge in [0.05, 0.1) is 17.4 Å². The average Bonchev–Trinajstić information content (AvgIpc) is 3.01. The smallest absolute Gasteiger partial charge is 0.347 e. The number of aryl methyl sites for hydroxylation is 1. The highest BCUT2D eigenvalue weighted by Crippen LogP contribution is 2.33. The van der Waals surface area contributed by atoms with Gasteiger partial charge in [-0.15, -0.1) is 11.3 Å². The van der Waals surface area contributed by atoms with Crippen molar-refractivity contribution in [1.82, 2.24) is 10.3 Å². The summed E-state index contributed by atoms with van der Waals surface area (Å²) in [5, 5.41) is 12.4. The van der Waals surface area contributed by atoms with E-state index in [9.17, 15) is 14.4 Å². The van der Waals surface area contributed by atoms with E-state index in [0.29, 0.717) is 22.1 Å². The number of carbonyl (C=O) groups excluding carboxylic acids is 2. The quantitative estimate of drug-likeness (QED) is 0.811. The largest absolute Gasteiger partial charge is 0.479 e. The highest BCUT2D eigenvalue weighted by atomic mass is 32.1. The summed E-state index contributed by atoms with van der Waals surface area (Å²) < 4.78 is 5.56. The molecule has 9 heteroatoms. The van der Waals surface area contributed by atoms with Gasteiger partial charge in [-0.2, -0.15) is 0 Å². The molecule has 0 saturated heterocycles. The van der Waals surface area contributed by atoms with Crippen molar-refractivity contribution in [2.75, 3.05) is 11.4 Å². The zero-order valence-corrected chi connectivity index (χ0v) is 15.9. The van der Waals surface area contributed by atoms with Gasteiger partial charge in [0.25, 0.3) is 5.91 Å². The van der Waals surface area contributed by atoms with E-state index in [0.717, 1.165) is 11.3 Å². The minimum atomic E-state index is -1.04. The minimum absolute atomic E-state index is 0.150. The van der Waals surface area contributed by atoms with Crippen LogP contribution >= 0.6 is 11.3 Å². The van der Waals surface area contributed by atoms with Gasteiger partial charge < -0.3 is 15.2 Å². The fourth-order valence-corrected chi connectivity index (χ4v) is 3.72. The van der Waals surface area contributed by atoms with Crippen LogP contribution in [0.3, 0.4) is 0 Å². The number of aromatic nitrogens is 1. The Kier molecular flexibility index (Phi) is 5.13. The van der Waals surface area contributed by atoms with E-state index in [-0.39, 0.29) is 23.2 Å². The first-order valence-corrected chi connectivity index (χ1v) is 9.16. The summed E-state index contributed by atoms with van der Waals surface area (Å²) in [6.45, 7) is 4.81. The number of anilines is 1. The van der Waals surface area contributed by atoms with Crippen molar-refractivity contribution in [1.29, 1.82) is 0 Å². The standard InChI is InChI=1S/C18H19N3O5S/c1-9-15(18(24)25)27-16(20-9)10(2)19-14(22)8-21-12-6-4-5-7-13(12)26-11(3)17(21)23/h4-7,10-11H,8H2,1-3H3,(H,19,22)(H,24,25). The summed E-state index contributed by atoms with van der Waals surface area (Å²) in [5.74, 6) is -1.16. The molecule has 2 amide bonds. The van der Waals surface area contributed by atoms with Crippen molar-refractivity contribution in [3.05, 3.63) is 39.8 Å². The van der Waals surface area contributed by atoms with E-state index < -0.39 is 18.1 Å². The number of rotatable bonds is 5. The number of carboxylic acids is 1. The predicted octanol–water partition coefficient (Wildman–Crippen LogP) is 2.14. The molecule has 1 aliphatic rings. The van der Waals surface area contributed by atoms with E-state index in [2.05, 4.69) is 10.3 Å². The summed E-state index contributed by atoms with van der Waals surface area (Å²) in [5.41, 5.74) is 0.955. The number of hydrogen-bond donors (Lipinski definition) is 2. The molecule has 2 atom stereocenters. The molecule has 2 aromatic rings. The van der Waals surface area contributed by atoms with E-state index in [1.165, 1.54) is 4.90 Å². The summed E-state index contributed by atoms with van der Waals surface area (Å²) >= 11 is 1.03. The van der Waals surface area contributed by atoms with Crippen molar-refractivity contribution in [3.63, 3.8) is 0 Å². The van der Waals surface area contributed by atoms with Crippen LogP contribution in [0.5, 0.6) is 5.75 Å². The molecule has 27 heavy (non-hydrogen) atoms. The van der Waals surface area contributed by atoms with E-state index in [1.807, 2.05) is 0 Å². The number of para-hydroxylation sites is 2. The van der Waals surface area contributed by atoms with Crippen LogP contribution in [0.4, 0.5) is 5.69 Å². The summed E-state index contributed by atoms with van der Waals surface area (Å²) in [4.78, 5) is 41.9. The van der Waals surface area contributed by atoms with Crippen LogP contribution in [0.1, 0.15) is 40.3 Å². The number of ether oxygens (including phenoxy) is 1. The molecular formula is C18H19N3O5S. The van der Waals surface area contributed by atoms with Crippen LogP contribution in [0.25, 0.3) is 0 Å². The number of benzene rings is 1. The van der Waals surface area contributed by atoms with Crippen LogP contribution in [0.2, 0.25) is 0 Å². The number of carboxylic acid groups (broad SMARTS) is 1. The Morgan fingerprint density at radius 1 is 1.41 bits per heavy atom. The zero-order valence-electron chi connectivity index (χ0n) is 15.1. The Balaban J connectivity index is 1.73. The number of hydrogen-bond acceptors (Lipinski definition) is 6. The highest BCUT2D eigenvalue weighted by Gasteiger charge is 2.32. The van der Waals surface area contributed by atoms with Crippen LogP contribution < -0.4 is 15.0 Å². The lowest BCUT2D eigenvalue weighted by Crippen LogP contribution is -2.49. The zero-order chi connectivity index (χ0) is 19.7. The molecule has 3 rings (SSSR count). The van der Waals surface area contributed by atoms with Gasteiger partial charge >= 0.3 is 5.97 Å². The predicted molar refractivity (Wildman–Crippen MR) is 99.3 cm³/mol. The lowest BCUT2D eigenvalue weighted by Gasteiger charge is -2.32. The molecule has 1 aromatic carbocycles. The van der Waals surface area contributed by atoms with Crippen LogP contribution in [0.15, 0.2) is 24.3 Å². The number of amides is 2. The molecule has 1 aliphatic heterocycles. The molecule has 2 N–H and O–H groups in total. The fraction of sp³-hybridized carbons (Fsp3) is 0.333. The molecule has 2 heterocycles. The topological polar surface area (TPSA) is 109 Å².